The SMILES string of the molecule is C=CN/N=C\N=C[C@@H](C)C1CC=NN1CC. The first-order chi connectivity index (χ1) is 7.79. The van der Waals surface area contributed by atoms with E-state index in [2.05, 4.69) is 46.1 Å². The van der Waals surface area contributed by atoms with Crippen LogP contribution in [0.15, 0.2) is 28.0 Å². The van der Waals surface area contributed by atoms with E-state index in [9.17, 15) is 0 Å². The van der Waals surface area contributed by atoms with Gasteiger partial charge in [0.05, 0.1) is 6.04 Å². The number of aliphatic imine (C=N–C) groups is 1. The number of hydrogen-bond acceptors (Lipinski definition) is 4. The summed E-state index contributed by atoms with van der Waals surface area (Å²) in [5.74, 6) is 0.359. The van der Waals surface area contributed by atoms with Crippen LogP contribution in [0, 0.1) is 5.92 Å². The van der Waals surface area contributed by atoms with Crippen LogP contribution in [-0.4, -0.2) is 36.4 Å². The van der Waals surface area contributed by atoms with Crippen molar-refractivity contribution in [3.8, 4) is 0 Å². The van der Waals surface area contributed by atoms with Gasteiger partial charge in [0, 0.05) is 37.5 Å². The molecule has 0 aromatic rings. The summed E-state index contributed by atoms with van der Waals surface area (Å²) in [5.41, 5.74) is 2.60. The fraction of sp³-hybridized carbons (Fsp3) is 0.545. The first kappa shape index (κ1) is 12.4. The zero-order valence-electron chi connectivity index (χ0n) is 9.87. The second-order valence-corrected chi connectivity index (χ2v) is 3.59. The zero-order chi connectivity index (χ0) is 11.8. The third-order valence-electron chi connectivity index (χ3n) is 2.50. The molecule has 0 spiro atoms. The van der Waals surface area contributed by atoms with E-state index in [-0.39, 0.29) is 0 Å². The zero-order valence-corrected chi connectivity index (χ0v) is 9.87. The van der Waals surface area contributed by atoms with Gasteiger partial charge >= 0.3 is 0 Å². The van der Waals surface area contributed by atoms with Gasteiger partial charge in [-0.1, -0.05) is 13.5 Å². The fourth-order valence-corrected chi connectivity index (χ4v) is 1.66. The van der Waals surface area contributed by atoms with Crippen LogP contribution in [0.5, 0.6) is 0 Å². The van der Waals surface area contributed by atoms with Crippen molar-refractivity contribution in [2.75, 3.05) is 6.54 Å². The minimum atomic E-state index is 0.359. The fourth-order valence-electron chi connectivity index (χ4n) is 1.66. The molecule has 0 amide bonds. The van der Waals surface area contributed by atoms with Crippen LogP contribution in [0.4, 0.5) is 0 Å². The van der Waals surface area contributed by atoms with Crippen molar-refractivity contribution in [3.05, 3.63) is 12.8 Å². The van der Waals surface area contributed by atoms with E-state index in [0.29, 0.717) is 12.0 Å². The molecule has 1 rings (SSSR count). The maximum absolute atomic E-state index is 4.30. The van der Waals surface area contributed by atoms with Gasteiger partial charge in [0.15, 0.2) is 0 Å². The summed E-state index contributed by atoms with van der Waals surface area (Å²) in [4.78, 5) is 4.11. The van der Waals surface area contributed by atoms with Crippen molar-refractivity contribution in [2.45, 2.75) is 26.3 Å². The largest absolute Gasteiger partial charge is 0.294 e. The molecule has 0 aromatic carbocycles. The van der Waals surface area contributed by atoms with Crippen molar-refractivity contribution >= 4 is 18.8 Å². The molecule has 0 bridgehead atoms. The summed E-state index contributed by atoms with van der Waals surface area (Å²) in [6, 6.07) is 0.425. The highest BCUT2D eigenvalue weighted by Gasteiger charge is 2.23. The molecule has 16 heavy (non-hydrogen) atoms. The van der Waals surface area contributed by atoms with Crippen molar-refractivity contribution in [1.82, 2.24) is 10.4 Å². The minimum Gasteiger partial charge on any atom is -0.294 e. The Morgan fingerprint density at radius 3 is 3.25 bits per heavy atom. The number of nitrogens with zero attached hydrogens (tertiary/aromatic N) is 4. The topological polar surface area (TPSA) is 52.4 Å². The predicted octanol–water partition coefficient (Wildman–Crippen LogP) is 1.45. The molecule has 1 aliphatic heterocycles. The highest BCUT2D eigenvalue weighted by Crippen LogP contribution is 2.17. The van der Waals surface area contributed by atoms with Crippen LogP contribution >= 0.6 is 0 Å². The smallest absolute Gasteiger partial charge is 0.135 e. The Morgan fingerprint density at radius 2 is 2.56 bits per heavy atom. The molecular weight excluding hydrogens is 202 g/mol. The van der Waals surface area contributed by atoms with Gasteiger partial charge in [-0.3, -0.25) is 10.4 Å². The Hall–Kier alpha value is -1.65. The molecular formula is C11H19N5. The lowest BCUT2D eigenvalue weighted by Crippen LogP contribution is -2.33. The summed E-state index contributed by atoms with van der Waals surface area (Å²) >= 11 is 0. The van der Waals surface area contributed by atoms with E-state index >= 15 is 0 Å². The van der Waals surface area contributed by atoms with Crippen molar-refractivity contribution < 1.29 is 0 Å². The second kappa shape index (κ2) is 6.76. The van der Waals surface area contributed by atoms with Crippen molar-refractivity contribution in [2.24, 2.45) is 21.1 Å². The maximum atomic E-state index is 4.30. The Kier molecular flexibility index (Phi) is 5.25. The molecule has 2 atom stereocenters. The van der Waals surface area contributed by atoms with Gasteiger partial charge in [0.1, 0.15) is 6.34 Å². The second-order valence-electron chi connectivity index (χ2n) is 3.59. The van der Waals surface area contributed by atoms with Gasteiger partial charge in [0.2, 0.25) is 0 Å². The molecule has 0 aromatic heterocycles. The van der Waals surface area contributed by atoms with E-state index < -0.39 is 0 Å². The minimum absolute atomic E-state index is 0.359. The predicted molar refractivity (Wildman–Crippen MR) is 68.8 cm³/mol. The lowest BCUT2D eigenvalue weighted by molar-refractivity contribution is 0.216. The van der Waals surface area contributed by atoms with E-state index in [0.717, 1.165) is 13.0 Å². The number of rotatable bonds is 6. The summed E-state index contributed by atoms with van der Waals surface area (Å²) in [5, 5.41) is 10.2. The summed E-state index contributed by atoms with van der Waals surface area (Å²) in [6.07, 6.45) is 7.83. The standard InChI is InChI=1S/C11H19N5/c1-4-13-14-9-12-8-10(3)11-6-7-15-16(11)5-2/h4,7-11,13H,1,5-6H2,2-3H3/b12-8?,14-9-/t10-,11?/m1/s1. The van der Waals surface area contributed by atoms with Gasteiger partial charge in [-0.15, -0.1) is 0 Å². The average molecular weight is 221 g/mol. The van der Waals surface area contributed by atoms with E-state index in [1.54, 1.807) is 0 Å². The lowest BCUT2D eigenvalue weighted by Gasteiger charge is -2.25. The molecule has 1 unspecified atom stereocenters. The van der Waals surface area contributed by atoms with Gasteiger partial charge in [-0.2, -0.15) is 10.2 Å². The number of hydrazone groups is 2. The van der Waals surface area contributed by atoms with Crippen LogP contribution < -0.4 is 5.43 Å². The highest BCUT2D eigenvalue weighted by atomic mass is 15.5. The molecule has 88 valence electrons. The van der Waals surface area contributed by atoms with Crippen LogP contribution in [0.3, 0.4) is 0 Å². The molecule has 0 aliphatic carbocycles. The molecule has 0 fully saturated rings. The third-order valence-corrected chi connectivity index (χ3v) is 2.50. The first-order valence-corrected chi connectivity index (χ1v) is 5.50. The molecule has 1 aliphatic rings. The summed E-state index contributed by atoms with van der Waals surface area (Å²) < 4.78 is 0. The molecule has 1 N–H and O–H groups in total. The Labute approximate surface area is 96.6 Å². The van der Waals surface area contributed by atoms with Crippen molar-refractivity contribution in [1.29, 1.82) is 0 Å². The average Bonchev–Trinajstić information content (AvgIpc) is 2.76. The van der Waals surface area contributed by atoms with E-state index in [1.807, 2.05) is 12.4 Å². The lowest BCUT2D eigenvalue weighted by atomic mass is 10.0. The monoisotopic (exact) mass is 221 g/mol. The summed E-state index contributed by atoms with van der Waals surface area (Å²) in [6.45, 7) is 8.66. The maximum Gasteiger partial charge on any atom is 0.135 e. The number of nitrogens with one attached hydrogen (secondary N) is 1. The first-order valence-electron chi connectivity index (χ1n) is 5.50. The van der Waals surface area contributed by atoms with Crippen LogP contribution in [0.2, 0.25) is 0 Å². The van der Waals surface area contributed by atoms with Crippen LogP contribution in [0.25, 0.3) is 0 Å². The molecule has 0 saturated heterocycles. The van der Waals surface area contributed by atoms with Gasteiger partial charge < -0.3 is 0 Å². The van der Waals surface area contributed by atoms with Crippen LogP contribution in [-0.2, 0) is 0 Å². The van der Waals surface area contributed by atoms with Gasteiger partial charge in [-0.05, 0) is 6.92 Å². The number of hydrogen-bond donors (Lipinski definition) is 1. The highest BCUT2D eigenvalue weighted by molar-refractivity contribution is 5.74. The molecule has 0 radical (unpaired) electrons. The third kappa shape index (κ3) is 3.49. The Morgan fingerprint density at radius 1 is 1.75 bits per heavy atom. The Balaban J connectivity index is 2.39. The van der Waals surface area contributed by atoms with Gasteiger partial charge in [-0.25, -0.2) is 4.99 Å². The summed E-state index contributed by atoms with van der Waals surface area (Å²) in [7, 11) is 0. The van der Waals surface area contributed by atoms with Crippen LogP contribution in [0.1, 0.15) is 20.3 Å². The van der Waals surface area contributed by atoms with E-state index in [4.69, 9.17) is 0 Å². The van der Waals surface area contributed by atoms with E-state index in [1.165, 1.54) is 12.5 Å². The molecule has 1 heterocycles. The quantitative estimate of drug-likeness (QED) is 0.419. The molecule has 5 heteroatoms. The molecule has 0 saturated carbocycles. The van der Waals surface area contributed by atoms with Gasteiger partial charge in [0.25, 0.3) is 0 Å². The van der Waals surface area contributed by atoms with Crippen molar-refractivity contribution in [3.63, 3.8) is 0 Å². The molecule has 5 nitrogen and oxygen atoms in total. The Bertz CT molecular complexity index is 295. The normalized spacial score (nSPS) is 22.1.